The number of unbranched alkanes of at least 4 members (excludes halogenated alkanes) is 1. The first kappa shape index (κ1) is 13.5. The zero-order chi connectivity index (χ0) is 9.11. The van der Waals surface area contributed by atoms with E-state index in [4.69, 9.17) is 0 Å². The van der Waals surface area contributed by atoms with E-state index in [0.29, 0.717) is 0 Å². The smallest absolute Gasteiger partial charge is 0.0540 e. The Bertz CT molecular complexity index is 52.8. The maximum atomic E-state index is 9.18. The summed E-state index contributed by atoms with van der Waals surface area (Å²) in [5, 5.41) is 9.18. The highest BCUT2D eigenvalue weighted by Gasteiger charge is 1.99. The van der Waals surface area contributed by atoms with Crippen molar-refractivity contribution in [3.05, 3.63) is 0 Å². The van der Waals surface area contributed by atoms with Crippen LogP contribution < -0.4 is 0 Å². The maximum Gasteiger partial charge on any atom is 0.0540 e. The second-order valence-corrected chi connectivity index (χ2v) is 2.58. The summed E-state index contributed by atoms with van der Waals surface area (Å²) in [6.45, 7) is 8.26. The van der Waals surface area contributed by atoms with Gasteiger partial charge < -0.3 is 5.11 Å². The van der Waals surface area contributed by atoms with Crippen molar-refractivity contribution in [2.75, 3.05) is 0 Å². The van der Waals surface area contributed by atoms with E-state index in [9.17, 15) is 5.11 Å². The van der Waals surface area contributed by atoms with Gasteiger partial charge in [-0.15, -0.1) is 0 Å². The fourth-order valence-corrected chi connectivity index (χ4v) is 0.917. The van der Waals surface area contributed by atoms with Crippen molar-refractivity contribution in [2.24, 2.45) is 0 Å². The fourth-order valence-electron chi connectivity index (χ4n) is 0.917. The van der Waals surface area contributed by atoms with Gasteiger partial charge in [0.2, 0.25) is 0 Å². The fraction of sp³-hybridized carbons (Fsp3) is 1.00. The average molecular weight is 160 g/mol. The molecule has 0 aliphatic carbocycles. The van der Waals surface area contributed by atoms with E-state index in [0.717, 1.165) is 19.3 Å². The number of aliphatic hydroxyl groups excluding tert-OH is 1. The van der Waals surface area contributed by atoms with Crippen LogP contribution in [0.2, 0.25) is 0 Å². The molecule has 0 fully saturated rings. The molecule has 0 aromatic heterocycles. The maximum absolute atomic E-state index is 9.18. The summed E-state index contributed by atoms with van der Waals surface area (Å²) in [6, 6.07) is 0. The number of aliphatic hydroxyl groups is 1. The van der Waals surface area contributed by atoms with E-state index in [-0.39, 0.29) is 6.10 Å². The van der Waals surface area contributed by atoms with Crippen LogP contribution in [0.25, 0.3) is 0 Å². The molecule has 0 bridgehead atoms. The van der Waals surface area contributed by atoms with Crippen LogP contribution in [0.15, 0.2) is 0 Å². The van der Waals surface area contributed by atoms with E-state index in [1.165, 1.54) is 12.8 Å². The van der Waals surface area contributed by atoms with Crippen molar-refractivity contribution in [1.29, 1.82) is 0 Å². The summed E-state index contributed by atoms with van der Waals surface area (Å²) in [6.07, 6.45) is 5.40. The predicted molar refractivity (Wildman–Crippen MR) is 51.8 cm³/mol. The first-order chi connectivity index (χ1) is 5.31. The van der Waals surface area contributed by atoms with Crippen molar-refractivity contribution in [3.8, 4) is 0 Å². The molecule has 0 amide bonds. The van der Waals surface area contributed by atoms with Crippen LogP contribution in [0.1, 0.15) is 59.8 Å². The summed E-state index contributed by atoms with van der Waals surface area (Å²) in [5.41, 5.74) is 0. The number of hydrogen-bond donors (Lipinski definition) is 1. The molecule has 1 nitrogen and oxygen atoms in total. The van der Waals surface area contributed by atoms with Crippen LogP contribution in [0.4, 0.5) is 0 Å². The van der Waals surface area contributed by atoms with Gasteiger partial charge in [0.25, 0.3) is 0 Å². The van der Waals surface area contributed by atoms with Gasteiger partial charge in [-0.3, -0.25) is 0 Å². The van der Waals surface area contributed by atoms with Crippen LogP contribution in [-0.2, 0) is 0 Å². The molecule has 0 aromatic rings. The molecule has 1 atom stereocenters. The molecule has 0 aliphatic heterocycles. The third-order valence-electron chi connectivity index (χ3n) is 1.51. The number of rotatable bonds is 5. The normalized spacial score (nSPS) is 11.7. The largest absolute Gasteiger partial charge is 0.393 e. The van der Waals surface area contributed by atoms with Gasteiger partial charge in [0, 0.05) is 0 Å². The molecular weight excluding hydrogens is 136 g/mol. The Morgan fingerprint density at radius 1 is 1.00 bits per heavy atom. The Morgan fingerprint density at radius 2 is 1.55 bits per heavy atom. The summed E-state index contributed by atoms with van der Waals surface area (Å²) in [4.78, 5) is 0. The average Bonchev–Trinajstić information content (AvgIpc) is 2.05. The second-order valence-electron chi connectivity index (χ2n) is 2.58. The Labute approximate surface area is 71.8 Å². The van der Waals surface area contributed by atoms with Crippen molar-refractivity contribution in [3.63, 3.8) is 0 Å². The Balaban J connectivity index is 0. The van der Waals surface area contributed by atoms with E-state index in [1.54, 1.807) is 0 Å². The third kappa shape index (κ3) is 13.0. The first-order valence-electron chi connectivity index (χ1n) is 4.99. The van der Waals surface area contributed by atoms with Gasteiger partial charge in [-0.2, -0.15) is 0 Å². The molecule has 0 saturated heterocycles. The van der Waals surface area contributed by atoms with Gasteiger partial charge in [-0.1, -0.05) is 47.0 Å². The summed E-state index contributed by atoms with van der Waals surface area (Å²) in [7, 11) is 0. The quantitative estimate of drug-likeness (QED) is 0.654. The minimum Gasteiger partial charge on any atom is -0.393 e. The lowest BCUT2D eigenvalue weighted by atomic mass is 10.1. The molecule has 0 radical (unpaired) electrons. The van der Waals surface area contributed by atoms with Gasteiger partial charge in [0.1, 0.15) is 0 Å². The summed E-state index contributed by atoms with van der Waals surface area (Å²) < 4.78 is 0. The Hall–Kier alpha value is -0.0400. The van der Waals surface area contributed by atoms with Crippen LogP contribution >= 0.6 is 0 Å². The molecule has 1 unspecified atom stereocenters. The molecule has 0 aromatic carbocycles. The molecule has 0 saturated carbocycles. The highest BCUT2D eigenvalue weighted by atomic mass is 16.3. The first-order valence-corrected chi connectivity index (χ1v) is 4.99. The van der Waals surface area contributed by atoms with Crippen LogP contribution in [0.3, 0.4) is 0 Å². The SMILES string of the molecule is CC.CCCCC(O)CCC. The Morgan fingerprint density at radius 3 is 1.91 bits per heavy atom. The minimum atomic E-state index is -0.0325. The van der Waals surface area contributed by atoms with Crippen LogP contribution in [-0.4, -0.2) is 11.2 Å². The van der Waals surface area contributed by atoms with Crippen molar-refractivity contribution >= 4 is 0 Å². The standard InChI is InChI=1S/C8H18O.C2H6/c1-3-5-7-8(9)6-4-2;1-2/h8-9H,3-7H2,1-2H3;1-2H3. The molecule has 1 N–H and O–H groups in total. The van der Waals surface area contributed by atoms with Crippen LogP contribution in [0.5, 0.6) is 0 Å². The van der Waals surface area contributed by atoms with Gasteiger partial charge in [-0.05, 0) is 12.8 Å². The van der Waals surface area contributed by atoms with Crippen molar-refractivity contribution < 1.29 is 5.11 Å². The molecule has 70 valence electrons. The molecule has 0 spiro atoms. The monoisotopic (exact) mass is 160 g/mol. The van der Waals surface area contributed by atoms with Gasteiger partial charge in [0.15, 0.2) is 0 Å². The molecule has 0 heterocycles. The number of hydrogen-bond acceptors (Lipinski definition) is 1. The lowest BCUT2D eigenvalue weighted by Gasteiger charge is -2.06. The van der Waals surface area contributed by atoms with E-state index >= 15 is 0 Å². The van der Waals surface area contributed by atoms with Gasteiger partial charge in [-0.25, -0.2) is 0 Å². The molecule has 11 heavy (non-hydrogen) atoms. The zero-order valence-electron chi connectivity index (χ0n) is 8.56. The molecule has 0 aliphatic rings. The lowest BCUT2D eigenvalue weighted by Crippen LogP contribution is -2.04. The van der Waals surface area contributed by atoms with Crippen LogP contribution in [0, 0.1) is 0 Å². The van der Waals surface area contributed by atoms with Gasteiger partial charge in [0.05, 0.1) is 6.10 Å². The zero-order valence-corrected chi connectivity index (χ0v) is 8.56. The van der Waals surface area contributed by atoms with Crippen molar-refractivity contribution in [1.82, 2.24) is 0 Å². The van der Waals surface area contributed by atoms with Gasteiger partial charge >= 0.3 is 0 Å². The molecule has 0 rings (SSSR count). The highest BCUT2D eigenvalue weighted by Crippen LogP contribution is 2.05. The lowest BCUT2D eigenvalue weighted by molar-refractivity contribution is 0.150. The van der Waals surface area contributed by atoms with E-state index in [1.807, 2.05) is 13.8 Å². The van der Waals surface area contributed by atoms with E-state index < -0.39 is 0 Å². The third-order valence-corrected chi connectivity index (χ3v) is 1.51. The predicted octanol–water partition coefficient (Wildman–Crippen LogP) is 3.36. The molecule has 1 heteroatoms. The summed E-state index contributed by atoms with van der Waals surface area (Å²) >= 11 is 0. The topological polar surface area (TPSA) is 20.2 Å². The highest BCUT2D eigenvalue weighted by molar-refractivity contribution is 4.52. The van der Waals surface area contributed by atoms with E-state index in [2.05, 4.69) is 13.8 Å². The minimum absolute atomic E-state index is 0.0325. The molecular formula is C10H24O. The second kappa shape index (κ2) is 12.6. The summed E-state index contributed by atoms with van der Waals surface area (Å²) in [5.74, 6) is 0. The van der Waals surface area contributed by atoms with Crippen molar-refractivity contribution in [2.45, 2.75) is 65.9 Å². The Kier molecular flexibility index (Phi) is 15.5.